The van der Waals surface area contributed by atoms with Gasteiger partial charge in [0.1, 0.15) is 11.4 Å². The number of aryl methyl sites for hydroxylation is 1. The van der Waals surface area contributed by atoms with Crippen LogP contribution in [-0.4, -0.2) is 27.4 Å². The Kier molecular flexibility index (Phi) is 3.73. The number of nitrogens with one attached hydrogen (secondary N) is 1. The highest BCUT2D eigenvalue weighted by Crippen LogP contribution is 2.24. The van der Waals surface area contributed by atoms with Crippen LogP contribution in [0.5, 0.6) is 0 Å². The SMILES string of the molecule is Cc1nonc1CNC1CCCC(C(=O)O)C1. The number of rotatable bonds is 4. The molecule has 2 atom stereocenters. The van der Waals surface area contributed by atoms with Crippen molar-refractivity contribution in [3.63, 3.8) is 0 Å². The van der Waals surface area contributed by atoms with E-state index < -0.39 is 5.97 Å². The van der Waals surface area contributed by atoms with Gasteiger partial charge in [-0.2, -0.15) is 0 Å². The molecule has 0 saturated heterocycles. The molecule has 1 aliphatic carbocycles. The van der Waals surface area contributed by atoms with Crippen LogP contribution in [0.15, 0.2) is 4.63 Å². The summed E-state index contributed by atoms with van der Waals surface area (Å²) < 4.78 is 4.61. The molecule has 0 aliphatic heterocycles. The van der Waals surface area contributed by atoms with E-state index >= 15 is 0 Å². The molecule has 0 aromatic carbocycles. The molecule has 2 unspecified atom stereocenters. The first-order valence-corrected chi connectivity index (χ1v) is 5.91. The van der Waals surface area contributed by atoms with Gasteiger partial charge in [0, 0.05) is 12.6 Å². The smallest absolute Gasteiger partial charge is 0.306 e. The molecule has 17 heavy (non-hydrogen) atoms. The maximum absolute atomic E-state index is 10.9. The van der Waals surface area contributed by atoms with Crippen molar-refractivity contribution in [3.8, 4) is 0 Å². The molecule has 0 spiro atoms. The largest absolute Gasteiger partial charge is 0.481 e. The summed E-state index contributed by atoms with van der Waals surface area (Å²) in [4.78, 5) is 10.9. The first-order valence-electron chi connectivity index (χ1n) is 5.91. The topological polar surface area (TPSA) is 88.3 Å². The zero-order valence-corrected chi connectivity index (χ0v) is 9.85. The standard InChI is InChI=1S/C11H17N3O3/c1-7-10(14-17-13-7)6-12-9-4-2-3-8(5-9)11(15)16/h8-9,12H,2-6H2,1H3,(H,15,16). The first-order chi connectivity index (χ1) is 8.16. The van der Waals surface area contributed by atoms with Crippen molar-refractivity contribution in [1.29, 1.82) is 0 Å². The molecule has 2 N–H and O–H groups in total. The Morgan fingerprint density at radius 1 is 1.53 bits per heavy atom. The van der Waals surface area contributed by atoms with Gasteiger partial charge >= 0.3 is 5.97 Å². The van der Waals surface area contributed by atoms with E-state index in [0.717, 1.165) is 30.7 Å². The number of aliphatic carboxylic acids is 1. The summed E-state index contributed by atoms with van der Waals surface area (Å²) >= 11 is 0. The molecule has 2 rings (SSSR count). The lowest BCUT2D eigenvalue weighted by atomic mass is 9.86. The fraction of sp³-hybridized carbons (Fsp3) is 0.727. The van der Waals surface area contributed by atoms with E-state index in [-0.39, 0.29) is 12.0 Å². The maximum Gasteiger partial charge on any atom is 0.306 e. The third-order valence-electron chi connectivity index (χ3n) is 3.33. The highest BCUT2D eigenvalue weighted by molar-refractivity contribution is 5.70. The van der Waals surface area contributed by atoms with Gasteiger partial charge in [0.15, 0.2) is 0 Å². The third kappa shape index (κ3) is 3.03. The average molecular weight is 239 g/mol. The molecule has 0 bridgehead atoms. The molecule has 0 amide bonds. The van der Waals surface area contributed by atoms with Crippen LogP contribution < -0.4 is 5.32 Å². The lowest BCUT2D eigenvalue weighted by Gasteiger charge is -2.27. The lowest BCUT2D eigenvalue weighted by Crippen LogP contribution is -2.36. The molecule has 1 aromatic rings. The Morgan fingerprint density at radius 2 is 2.35 bits per heavy atom. The Balaban J connectivity index is 1.83. The summed E-state index contributed by atoms with van der Waals surface area (Å²) in [5, 5.41) is 19.8. The van der Waals surface area contributed by atoms with Crippen LogP contribution in [0.1, 0.15) is 37.1 Å². The van der Waals surface area contributed by atoms with Crippen LogP contribution in [-0.2, 0) is 11.3 Å². The molecular weight excluding hydrogens is 222 g/mol. The average Bonchev–Trinajstić information content (AvgIpc) is 2.72. The molecule has 94 valence electrons. The molecule has 0 radical (unpaired) electrons. The number of aromatic nitrogens is 2. The van der Waals surface area contributed by atoms with Gasteiger partial charge in [0.05, 0.1) is 5.92 Å². The molecule has 6 heteroatoms. The predicted molar refractivity (Wildman–Crippen MR) is 59.3 cm³/mol. The van der Waals surface area contributed by atoms with Crippen molar-refractivity contribution in [2.45, 2.75) is 45.2 Å². The van der Waals surface area contributed by atoms with Gasteiger partial charge in [-0.15, -0.1) is 0 Å². The van der Waals surface area contributed by atoms with Crippen molar-refractivity contribution in [2.24, 2.45) is 5.92 Å². The molecule has 1 fully saturated rings. The van der Waals surface area contributed by atoms with Crippen LogP contribution in [0, 0.1) is 12.8 Å². The van der Waals surface area contributed by atoms with E-state index in [9.17, 15) is 4.79 Å². The van der Waals surface area contributed by atoms with E-state index in [0.29, 0.717) is 13.0 Å². The summed E-state index contributed by atoms with van der Waals surface area (Å²) in [6, 6.07) is 0.251. The summed E-state index contributed by atoms with van der Waals surface area (Å²) in [6.45, 7) is 2.43. The molecule has 6 nitrogen and oxygen atoms in total. The van der Waals surface area contributed by atoms with Crippen LogP contribution in [0.3, 0.4) is 0 Å². The molecule has 1 aromatic heterocycles. The minimum Gasteiger partial charge on any atom is -0.481 e. The van der Waals surface area contributed by atoms with Crippen LogP contribution in [0.2, 0.25) is 0 Å². The normalized spacial score (nSPS) is 24.8. The highest BCUT2D eigenvalue weighted by atomic mass is 16.6. The second-order valence-corrected chi connectivity index (χ2v) is 4.58. The zero-order chi connectivity index (χ0) is 12.3. The van der Waals surface area contributed by atoms with Gasteiger partial charge in [0.25, 0.3) is 0 Å². The quantitative estimate of drug-likeness (QED) is 0.818. The van der Waals surface area contributed by atoms with E-state index in [4.69, 9.17) is 5.11 Å². The zero-order valence-electron chi connectivity index (χ0n) is 9.85. The number of carboxylic acids is 1. The maximum atomic E-state index is 10.9. The number of hydrogen-bond acceptors (Lipinski definition) is 5. The van der Waals surface area contributed by atoms with Crippen LogP contribution in [0.4, 0.5) is 0 Å². The second-order valence-electron chi connectivity index (χ2n) is 4.58. The molecular formula is C11H17N3O3. The van der Waals surface area contributed by atoms with Crippen LogP contribution in [0.25, 0.3) is 0 Å². The number of carboxylic acid groups (broad SMARTS) is 1. The Hall–Kier alpha value is -1.43. The summed E-state index contributed by atoms with van der Waals surface area (Å²) in [5.74, 6) is -0.895. The van der Waals surface area contributed by atoms with Crippen molar-refractivity contribution < 1.29 is 14.5 Å². The first kappa shape index (κ1) is 12.0. The van der Waals surface area contributed by atoms with E-state index in [1.165, 1.54) is 0 Å². The van der Waals surface area contributed by atoms with Gasteiger partial charge < -0.3 is 10.4 Å². The van der Waals surface area contributed by atoms with Gasteiger partial charge in [-0.1, -0.05) is 16.7 Å². The summed E-state index contributed by atoms with van der Waals surface area (Å²) in [7, 11) is 0. The number of hydrogen-bond donors (Lipinski definition) is 2. The number of nitrogens with zero attached hydrogens (tertiary/aromatic N) is 2. The van der Waals surface area contributed by atoms with Crippen molar-refractivity contribution >= 4 is 5.97 Å². The van der Waals surface area contributed by atoms with E-state index in [1.807, 2.05) is 6.92 Å². The van der Waals surface area contributed by atoms with E-state index in [2.05, 4.69) is 20.3 Å². The van der Waals surface area contributed by atoms with Gasteiger partial charge in [-0.05, 0) is 26.2 Å². The van der Waals surface area contributed by atoms with Crippen molar-refractivity contribution in [2.75, 3.05) is 0 Å². The lowest BCUT2D eigenvalue weighted by molar-refractivity contribution is -0.143. The summed E-state index contributed by atoms with van der Waals surface area (Å²) in [5.41, 5.74) is 1.57. The molecule has 1 heterocycles. The second kappa shape index (κ2) is 5.27. The number of carbonyl (C=O) groups is 1. The Labute approximate surface area is 99.4 Å². The Morgan fingerprint density at radius 3 is 3.00 bits per heavy atom. The van der Waals surface area contributed by atoms with Crippen LogP contribution >= 0.6 is 0 Å². The monoisotopic (exact) mass is 239 g/mol. The van der Waals surface area contributed by atoms with E-state index in [1.54, 1.807) is 0 Å². The third-order valence-corrected chi connectivity index (χ3v) is 3.33. The molecule has 1 aliphatic rings. The Bertz CT molecular complexity index is 391. The minimum absolute atomic E-state index is 0.210. The van der Waals surface area contributed by atoms with Gasteiger partial charge in [0.2, 0.25) is 0 Å². The van der Waals surface area contributed by atoms with Gasteiger partial charge in [-0.3, -0.25) is 4.79 Å². The molecule has 1 saturated carbocycles. The van der Waals surface area contributed by atoms with Crippen molar-refractivity contribution in [1.82, 2.24) is 15.6 Å². The van der Waals surface area contributed by atoms with Gasteiger partial charge in [-0.25, -0.2) is 4.63 Å². The minimum atomic E-state index is -0.684. The fourth-order valence-corrected chi connectivity index (χ4v) is 2.25. The fourth-order valence-electron chi connectivity index (χ4n) is 2.25. The predicted octanol–water partition coefficient (Wildman–Crippen LogP) is 1.11. The summed E-state index contributed by atoms with van der Waals surface area (Å²) in [6.07, 6.45) is 3.47. The highest BCUT2D eigenvalue weighted by Gasteiger charge is 2.26. The van der Waals surface area contributed by atoms with Crippen molar-refractivity contribution in [3.05, 3.63) is 11.4 Å².